The van der Waals surface area contributed by atoms with Gasteiger partial charge in [0.1, 0.15) is 0 Å². The maximum Gasteiger partial charge on any atom is 0.0781 e. The summed E-state index contributed by atoms with van der Waals surface area (Å²) >= 11 is 0. The Hall–Kier alpha value is -7.16. The molecule has 3 aliphatic rings. The second-order valence-electron chi connectivity index (χ2n) is 19.4. The van der Waals surface area contributed by atoms with Crippen molar-refractivity contribution in [2.24, 2.45) is 0 Å². The van der Waals surface area contributed by atoms with Crippen molar-refractivity contribution in [2.75, 3.05) is 9.80 Å². The van der Waals surface area contributed by atoms with E-state index in [0.717, 1.165) is 22.7 Å². The van der Waals surface area contributed by atoms with Gasteiger partial charge in [0.15, 0.2) is 0 Å². The Morgan fingerprint density at radius 3 is 1.51 bits per heavy atom. The molecule has 0 unspecified atom stereocenters. The van der Waals surface area contributed by atoms with E-state index in [1.165, 1.54) is 88.9 Å². The van der Waals surface area contributed by atoms with E-state index < -0.39 is 0 Å². The second-order valence-corrected chi connectivity index (χ2v) is 19.4. The number of para-hydroxylation sites is 1. The van der Waals surface area contributed by atoms with Crippen LogP contribution in [0, 0.1) is 0 Å². The highest BCUT2D eigenvalue weighted by Gasteiger charge is 2.41. The molecule has 0 N–H and O–H groups in total. The van der Waals surface area contributed by atoms with Crippen LogP contribution in [0.4, 0.5) is 34.1 Å². The maximum absolute atomic E-state index is 2.58. The Bertz CT molecular complexity index is 3220. The summed E-state index contributed by atoms with van der Waals surface area (Å²) in [6, 6.07) is 73.0. The predicted molar refractivity (Wildman–Crippen MR) is 266 cm³/mol. The third-order valence-electron chi connectivity index (χ3n) is 14.8. The molecule has 304 valence electrons. The van der Waals surface area contributed by atoms with Gasteiger partial charge >= 0.3 is 0 Å². The molecule has 0 bridgehead atoms. The van der Waals surface area contributed by atoms with Crippen LogP contribution in [0.1, 0.15) is 74.9 Å². The first-order valence-corrected chi connectivity index (χ1v) is 22.4. The summed E-state index contributed by atoms with van der Waals surface area (Å²) in [6.07, 6.45) is 0. The quantitative estimate of drug-likeness (QED) is 0.171. The van der Waals surface area contributed by atoms with Crippen molar-refractivity contribution in [3.05, 3.63) is 228 Å². The minimum Gasteiger partial charge on any atom is -0.308 e. The van der Waals surface area contributed by atoms with E-state index in [0.29, 0.717) is 0 Å². The van der Waals surface area contributed by atoms with E-state index in [-0.39, 0.29) is 16.2 Å². The van der Waals surface area contributed by atoms with Crippen LogP contribution in [-0.4, -0.2) is 0 Å². The molecule has 2 heteroatoms. The van der Waals surface area contributed by atoms with Crippen molar-refractivity contribution in [1.29, 1.82) is 0 Å². The molecule has 0 atom stereocenters. The zero-order valence-electron chi connectivity index (χ0n) is 36.9. The molecular formula is C61H50N2. The molecule has 0 amide bonds. The summed E-state index contributed by atoms with van der Waals surface area (Å²) in [5.74, 6) is 0. The van der Waals surface area contributed by atoms with Crippen LogP contribution in [-0.2, 0) is 16.2 Å². The average molecular weight is 811 g/mol. The van der Waals surface area contributed by atoms with Gasteiger partial charge in [-0.25, -0.2) is 0 Å². The van der Waals surface area contributed by atoms with Crippen molar-refractivity contribution in [2.45, 2.75) is 57.8 Å². The first kappa shape index (κ1) is 37.6. The van der Waals surface area contributed by atoms with E-state index in [1.54, 1.807) is 0 Å². The number of benzene rings is 9. The lowest BCUT2D eigenvalue weighted by molar-refractivity contribution is 0.632. The molecule has 0 spiro atoms. The number of rotatable bonds is 5. The summed E-state index contributed by atoms with van der Waals surface area (Å²) in [5.41, 5.74) is 22.2. The van der Waals surface area contributed by atoms with Crippen LogP contribution >= 0.6 is 0 Å². The molecule has 0 fully saturated rings. The Morgan fingerprint density at radius 1 is 0.349 bits per heavy atom. The fraction of sp³-hybridized carbons (Fsp3) is 0.148. The standard InChI is InChI=1S/C61H50N2/c1-59(2)49-24-14-12-22-45(49)47-32-30-42(37-52(47)59)62(43-31-33-48-46-23-13-15-25-50(46)60(3,4)53(48)38-43)57-35-28-40-20-10-11-21-44(40)58(57)63-55-27-17-16-26-51(55)61(5,6)54-36-41(29-34-56(54)63)39-18-8-7-9-19-39/h7-38H,1-6H3. The van der Waals surface area contributed by atoms with Crippen LogP contribution in [0.2, 0.25) is 0 Å². The summed E-state index contributed by atoms with van der Waals surface area (Å²) < 4.78 is 0. The number of anilines is 6. The van der Waals surface area contributed by atoms with Gasteiger partial charge in [0, 0.05) is 33.0 Å². The molecule has 1 heterocycles. The van der Waals surface area contributed by atoms with Gasteiger partial charge in [-0.1, -0.05) is 187 Å². The van der Waals surface area contributed by atoms with Crippen molar-refractivity contribution >= 4 is 44.9 Å². The molecule has 0 saturated carbocycles. The van der Waals surface area contributed by atoms with E-state index in [9.17, 15) is 0 Å². The van der Waals surface area contributed by atoms with E-state index in [4.69, 9.17) is 0 Å². The average Bonchev–Trinajstić information content (AvgIpc) is 3.68. The fourth-order valence-corrected chi connectivity index (χ4v) is 11.5. The maximum atomic E-state index is 2.58. The molecule has 9 aromatic carbocycles. The van der Waals surface area contributed by atoms with Crippen LogP contribution < -0.4 is 9.80 Å². The van der Waals surface area contributed by atoms with Gasteiger partial charge < -0.3 is 9.80 Å². The summed E-state index contributed by atoms with van der Waals surface area (Å²) in [4.78, 5) is 5.14. The van der Waals surface area contributed by atoms with Gasteiger partial charge in [-0.3, -0.25) is 0 Å². The molecule has 2 aliphatic carbocycles. The Labute approximate surface area is 371 Å². The lowest BCUT2D eigenvalue weighted by atomic mass is 9.72. The van der Waals surface area contributed by atoms with Crippen molar-refractivity contribution in [3.63, 3.8) is 0 Å². The third-order valence-corrected chi connectivity index (χ3v) is 14.8. The van der Waals surface area contributed by atoms with Gasteiger partial charge in [-0.15, -0.1) is 0 Å². The van der Waals surface area contributed by atoms with Crippen molar-refractivity contribution < 1.29 is 0 Å². The Morgan fingerprint density at radius 2 is 0.857 bits per heavy atom. The second kappa shape index (κ2) is 13.4. The molecule has 0 aromatic heterocycles. The van der Waals surface area contributed by atoms with E-state index >= 15 is 0 Å². The smallest absolute Gasteiger partial charge is 0.0781 e. The highest BCUT2D eigenvalue weighted by Crippen LogP contribution is 2.59. The number of nitrogens with zero attached hydrogens (tertiary/aromatic N) is 2. The zero-order chi connectivity index (χ0) is 42.8. The fourth-order valence-electron chi connectivity index (χ4n) is 11.5. The number of hydrogen-bond acceptors (Lipinski definition) is 2. The number of fused-ring (bicyclic) bond motifs is 9. The van der Waals surface area contributed by atoms with Gasteiger partial charge in [0.25, 0.3) is 0 Å². The molecule has 0 radical (unpaired) electrons. The van der Waals surface area contributed by atoms with Crippen molar-refractivity contribution in [1.82, 2.24) is 0 Å². The van der Waals surface area contributed by atoms with Crippen LogP contribution in [0.25, 0.3) is 44.2 Å². The van der Waals surface area contributed by atoms with E-state index in [1.807, 2.05) is 0 Å². The minimum atomic E-state index is -0.251. The molecule has 9 aromatic rings. The Kier molecular flexibility index (Phi) is 8.01. The summed E-state index contributed by atoms with van der Waals surface area (Å²) in [7, 11) is 0. The molecular weight excluding hydrogens is 761 g/mol. The summed E-state index contributed by atoms with van der Waals surface area (Å²) in [5, 5.41) is 2.41. The largest absolute Gasteiger partial charge is 0.308 e. The monoisotopic (exact) mass is 810 g/mol. The van der Waals surface area contributed by atoms with Crippen LogP contribution in [0.3, 0.4) is 0 Å². The molecule has 1 aliphatic heterocycles. The molecule has 2 nitrogen and oxygen atoms in total. The van der Waals surface area contributed by atoms with Gasteiger partial charge in [0.2, 0.25) is 0 Å². The minimum absolute atomic E-state index is 0.159. The van der Waals surface area contributed by atoms with Crippen molar-refractivity contribution in [3.8, 4) is 33.4 Å². The Balaban J connectivity index is 1.15. The lowest BCUT2D eigenvalue weighted by Gasteiger charge is -2.44. The lowest BCUT2D eigenvalue weighted by Crippen LogP contribution is -2.31. The van der Waals surface area contributed by atoms with E-state index in [2.05, 4.69) is 245 Å². The normalized spacial score (nSPS) is 15.5. The SMILES string of the molecule is CC1(C)c2ccccc2-c2ccc(N(c3ccc4c(c3)C(C)(C)c3ccccc3-4)c3ccc4ccccc4c3N3c4ccccc4C(C)(C)c4cc(-c5ccccc5)ccc43)cc21. The summed E-state index contributed by atoms with van der Waals surface area (Å²) in [6.45, 7) is 14.3. The van der Waals surface area contributed by atoms with Gasteiger partial charge in [-0.2, -0.15) is 0 Å². The molecule has 63 heavy (non-hydrogen) atoms. The van der Waals surface area contributed by atoms with Gasteiger partial charge in [0.05, 0.1) is 22.7 Å². The predicted octanol–water partition coefficient (Wildman–Crippen LogP) is 16.7. The molecule has 0 saturated heterocycles. The topological polar surface area (TPSA) is 6.48 Å². The zero-order valence-corrected chi connectivity index (χ0v) is 36.9. The first-order valence-electron chi connectivity index (χ1n) is 22.4. The van der Waals surface area contributed by atoms with Crippen LogP contribution in [0.15, 0.2) is 194 Å². The highest BCUT2D eigenvalue weighted by atomic mass is 15.2. The number of hydrogen-bond donors (Lipinski definition) is 0. The van der Waals surface area contributed by atoms with Crippen LogP contribution in [0.5, 0.6) is 0 Å². The van der Waals surface area contributed by atoms with Gasteiger partial charge in [-0.05, 0) is 121 Å². The highest BCUT2D eigenvalue weighted by molar-refractivity contribution is 6.09. The molecule has 12 rings (SSSR count). The first-order chi connectivity index (χ1) is 30.5. The third kappa shape index (κ3) is 5.37.